The molecule has 0 bridgehead atoms. The van der Waals surface area contributed by atoms with Gasteiger partial charge in [-0.05, 0) is 49.4 Å². The number of nitrogens with one attached hydrogen (secondary N) is 1. The van der Waals surface area contributed by atoms with Gasteiger partial charge in [-0.15, -0.1) is 0 Å². The van der Waals surface area contributed by atoms with Crippen LogP contribution in [-0.4, -0.2) is 81.0 Å². The summed E-state index contributed by atoms with van der Waals surface area (Å²) in [5, 5.41) is 2.77. The first-order valence-electron chi connectivity index (χ1n) is 16.6. The summed E-state index contributed by atoms with van der Waals surface area (Å²) in [6.07, 6.45) is 0.0825. The maximum atomic E-state index is 15.0. The smallest absolute Gasteiger partial charge is 0.246 e. The standard InChI is InChI=1S/C34H45F3N4O6/c1-17(2)22(14-26(42)25-15-38-9-10-39-25)33(46)40-30(18(3)4)34(47)41-16-23-21(7-8-24(23)35)31(41)27(43)12-20(13-29(36)37)32(45)28(44)11-19-5-6-19/h9-10,15,17-24,29-31H,5-8,11-14,16H2,1-4H3,(H,40,46)/t20?,21-,22+,23?,24?,30-,31-/m0/s1. The normalized spacial score (nSPS) is 24.3. The summed E-state index contributed by atoms with van der Waals surface area (Å²) in [6, 6.07) is -2.32. The second kappa shape index (κ2) is 15.6. The average Bonchev–Trinajstić information content (AvgIpc) is 3.64. The van der Waals surface area contributed by atoms with Gasteiger partial charge in [-0.1, -0.05) is 27.7 Å². The predicted octanol–water partition coefficient (Wildman–Crippen LogP) is 4.21. The van der Waals surface area contributed by atoms with Crippen LogP contribution in [0.5, 0.6) is 0 Å². The monoisotopic (exact) mass is 662 g/mol. The summed E-state index contributed by atoms with van der Waals surface area (Å²) in [4.78, 5) is 89.1. The van der Waals surface area contributed by atoms with E-state index in [1.165, 1.54) is 23.5 Å². The molecular formula is C34H45F3N4O6. The maximum absolute atomic E-state index is 15.0. The van der Waals surface area contributed by atoms with Gasteiger partial charge in [0.25, 0.3) is 0 Å². The van der Waals surface area contributed by atoms with E-state index < -0.39 is 102 Å². The van der Waals surface area contributed by atoms with Crippen molar-refractivity contribution in [3.63, 3.8) is 0 Å². The largest absolute Gasteiger partial charge is 0.344 e. The van der Waals surface area contributed by atoms with E-state index in [1.54, 1.807) is 27.7 Å². The third-order valence-corrected chi connectivity index (χ3v) is 9.91. The Bertz CT molecular complexity index is 1340. The molecule has 0 aromatic carbocycles. The van der Waals surface area contributed by atoms with E-state index in [0.717, 1.165) is 12.8 Å². The van der Waals surface area contributed by atoms with Crippen LogP contribution in [0.25, 0.3) is 0 Å². The van der Waals surface area contributed by atoms with Crippen LogP contribution in [0.2, 0.25) is 0 Å². The second-order valence-electron chi connectivity index (χ2n) is 14.1. The van der Waals surface area contributed by atoms with E-state index in [4.69, 9.17) is 0 Å². The van der Waals surface area contributed by atoms with Gasteiger partial charge in [-0.3, -0.25) is 33.8 Å². The molecule has 13 heteroatoms. The Morgan fingerprint density at radius 3 is 2.21 bits per heavy atom. The van der Waals surface area contributed by atoms with Crippen molar-refractivity contribution in [2.24, 2.45) is 41.4 Å². The minimum atomic E-state index is -2.93. The van der Waals surface area contributed by atoms with Gasteiger partial charge in [0, 0.05) is 62.4 Å². The Morgan fingerprint density at radius 2 is 1.64 bits per heavy atom. The van der Waals surface area contributed by atoms with E-state index in [-0.39, 0.29) is 43.3 Å². The minimum absolute atomic E-state index is 0.0352. The fourth-order valence-electron chi connectivity index (χ4n) is 7.01. The molecule has 0 spiro atoms. The molecule has 1 aromatic rings. The zero-order valence-corrected chi connectivity index (χ0v) is 27.4. The van der Waals surface area contributed by atoms with Gasteiger partial charge in [-0.25, -0.2) is 18.2 Å². The highest BCUT2D eigenvalue weighted by Gasteiger charge is 2.54. The molecule has 3 unspecified atom stereocenters. The number of likely N-dealkylation sites (tertiary alicyclic amines) is 1. The third-order valence-electron chi connectivity index (χ3n) is 9.91. The Hall–Kier alpha value is -3.51. The van der Waals surface area contributed by atoms with Crippen molar-refractivity contribution in [2.75, 3.05) is 6.54 Å². The van der Waals surface area contributed by atoms with Crippen LogP contribution in [0, 0.1) is 41.4 Å². The molecule has 4 rings (SSSR count). The molecule has 47 heavy (non-hydrogen) atoms. The zero-order valence-electron chi connectivity index (χ0n) is 27.4. The van der Waals surface area contributed by atoms with Gasteiger partial charge in [0.05, 0.1) is 12.2 Å². The first-order valence-corrected chi connectivity index (χ1v) is 16.6. The Kier molecular flexibility index (Phi) is 12.1. The topological polar surface area (TPSA) is 143 Å². The van der Waals surface area contributed by atoms with Crippen molar-refractivity contribution < 1.29 is 41.9 Å². The van der Waals surface area contributed by atoms with E-state index in [9.17, 15) is 37.5 Å². The van der Waals surface area contributed by atoms with Crippen LogP contribution in [-0.2, 0) is 24.0 Å². The molecule has 2 saturated carbocycles. The predicted molar refractivity (Wildman–Crippen MR) is 164 cm³/mol. The van der Waals surface area contributed by atoms with Crippen molar-refractivity contribution in [1.82, 2.24) is 20.2 Å². The third kappa shape index (κ3) is 8.90. The molecular weight excluding hydrogens is 617 g/mol. The van der Waals surface area contributed by atoms with Crippen molar-refractivity contribution in [3.05, 3.63) is 24.3 Å². The number of carbonyl (C=O) groups is 6. The Morgan fingerprint density at radius 1 is 0.936 bits per heavy atom. The first kappa shape index (κ1) is 36.3. The highest BCUT2D eigenvalue weighted by atomic mass is 19.3. The highest BCUT2D eigenvalue weighted by molar-refractivity contribution is 6.38. The molecule has 258 valence electrons. The van der Waals surface area contributed by atoms with Crippen LogP contribution in [0.15, 0.2) is 18.6 Å². The molecule has 2 heterocycles. The molecule has 3 aliphatic rings. The van der Waals surface area contributed by atoms with Crippen LogP contribution in [0.3, 0.4) is 0 Å². The number of rotatable bonds is 17. The van der Waals surface area contributed by atoms with Crippen LogP contribution >= 0.6 is 0 Å². The summed E-state index contributed by atoms with van der Waals surface area (Å²) in [7, 11) is 0. The zero-order chi connectivity index (χ0) is 34.6. The van der Waals surface area contributed by atoms with Crippen LogP contribution in [0.4, 0.5) is 13.2 Å². The summed E-state index contributed by atoms with van der Waals surface area (Å²) < 4.78 is 42.1. The molecule has 1 N–H and O–H groups in total. The van der Waals surface area contributed by atoms with Crippen molar-refractivity contribution in [3.8, 4) is 0 Å². The van der Waals surface area contributed by atoms with Gasteiger partial charge in [0.2, 0.25) is 24.0 Å². The summed E-state index contributed by atoms with van der Waals surface area (Å²) in [5.74, 6) is -8.32. The van der Waals surface area contributed by atoms with E-state index in [2.05, 4.69) is 15.3 Å². The number of Topliss-reactive ketones (excluding diaryl/α,β-unsaturated/α-hetero) is 4. The van der Waals surface area contributed by atoms with E-state index >= 15 is 4.39 Å². The number of hydrogen-bond acceptors (Lipinski definition) is 8. The minimum Gasteiger partial charge on any atom is -0.344 e. The summed E-state index contributed by atoms with van der Waals surface area (Å²) in [6.45, 7) is 6.83. The number of nitrogens with zero attached hydrogens (tertiary/aromatic N) is 3. The first-order chi connectivity index (χ1) is 22.2. The lowest BCUT2D eigenvalue weighted by atomic mass is 9.84. The SMILES string of the molecule is CC(C)[C@H](NC(=O)[C@H](CC(=O)c1cnccn1)C(C)C)C(=O)N1CC2C(F)CC[C@@H]2[C@H]1C(=O)CC(CC(F)F)C(=O)C(=O)CC1CC1. The Labute approximate surface area is 273 Å². The maximum Gasteiger partial charge on any atom is 0.246 e. The molecule has 7 atom stereocenters. The quantitative estimate of drug-likeness (QED) is 0.193. The van der Waals surface area contributed by atoms with E-state index in [0.29, 0.717) is 6.42 Å². The van der Waals surface area contributed by atoms with Gasteiger partial charge >= 0.3 is 0 Å². The molecule has 3 fully saturated rings. The van der Waals surface area contributed by atoms with Gasteiger partial charge in [0.1, 0.15) is 17.9 Å². The molecule has 1 aromatic heterocycles. The van der Waals surface area contributed by atoms with Crippen molar-refractivity contribution in [2.45, 2.75) is 104 Å². The fraction of sp³-hybridized carbons (Fsp3) is 0.706. The van der Waals surface area contributed by atoms with Gasteiger partial charge < -0.3 is 10.2 Å². The number of amides is 2. The van der Waals surface area contributed by atoms with Crippen molar-refractivity contribution >= 4 is 34.9 Å². The number of alkyl halides is 3. The highest BCUT2D eigenvalue weighted by Crippen LogP contribution is 2.45. The number of halogens is 3. The lowest BCUT2D eigenvalue weighted by Crippen LogP contribution is -2.56. The molecule has 10 nitrogen and oxygen atoms in total. The van der Waals surface area contributed by atoms with Gasteiger partial charge in [0.15, 0.2) is 17.3 Å². The number of hydrogen-bond donors (Lipinski definition) is 1. The summed E-state index contributed by atoms with van der Waals surface area (Å²) >= 11 is 0. The number of carbonyl (C=O) groups excluding carboxylic acids is 6. The molecule has 0 radical (unpaired) electrons. The average molecular weight is 663 g/mol. The fourth-order valence-corrected chi connectivity index (χ4v) is 7.01. The van der Waals surface area contributed by atoms with Crippen molar-refractivity contribution in [1.29, 1.82) is 0 Å². The molecule has 2 aliphatic carbocycles. The lowest BCUT2D eigenvalue weighted by Gasteiger charge is -2.33. The second-order valence-corrected chi connectivity index (χ2v) is 14.1. The Balaban J connectivity index is 1.54. The molecule has 1 aliphatic heterocycles. The van der Waals surface area contributed by atoms with Crippen LogP contribution in [0.1, 0.15) is 89.5 Å². The van der Waals surface area contributed by atoms with Crippen LogP contribution < -0.4 is 5.32 Å². The van der Waals surface area contributed by atoms with Gasteiger partial charge in [-0.2, -0.15) is 0 Å². The van der Waals surface area contributed by atoms with E-state index in [1.807, 2.05) is 0 Å². The number of ketones is 4. The summed E-state index contributed by atoms with van der Waals surface area (Å²) in [5.41, 5.74) is 0.103. The number of aromatic nitrogens is 2. The molecule has 2 amide bonds. The molecule has 1 saturated heterocycles. The number of fused-ring (bicyclic) bond motifs is 1. The lowest BCUT2D eigenvalue weighted by molar-refractivity contribution is -0.145.